The van der Waals surface area contributed by atoms with Crippen LogP contribution in [-0.2, 0) is 0 Å². The molecule has 0 aromatic heterocycles. The van der Waals surface area contributed by atoms with Crippen LogP contribution in [0.4, 0.5) is 0 Å². The molecule has 20 heavy (non-hydrogen) atoms. The molecule has 0 aliphatic rings. The highest BCUT2D eigenvalue weighted by molar-refractivity contribution is 5.38. The summed E-state index contributed by atoms with van der Waals surface area (Å²) in [5.41, 5.74) is 6.26. The van der Waals surface area contributed by atoms with E-state index >= 15 is 0 Å². The van der Waals surface area contributed by atoms with E-state index in [0.29, 0.717) is 19.6 Å². The van der Waals surface area contributed by atoms with Crippen LogP contribution in [-0.4, -0.2) is 37.7 Å². The predicted molar refractivity (Wildman–Crippen MR) is 80.2 cm³/mol. The molecular weight excluding hydrogens is 250 g/mol. The van der Waals surface area contributed by atoms with Gasteiger partial charge in [-0.05, 0) is 38.2 Å². The fraction of sp³-hybridized carbons (Fsp3) is 0.438. The van der Waals surface area contributed by atoms with Gasteiger partial charge in [-0.25, -0.2) is 0 Å². The average molecular weight is 271 g/mol. The molecule has 0 fully saturated rings. The van der Waals surface area contributed by atoms with Crippen LogP contribution in [0, 0.1) is 23.2 Å². The number of nitrogens with zero attached hydrogens (tertiary/aromatic N) is 2. The second kappa shape index (κ2) is 8.98. The maximum Gasteiger partial charge on any atom is 0.119 e. The van der Waals surface area contributed by atoms with Gasteiger partial charge in [-0.1, -0.05) is 11.8 Å². The molecule has 1 aromatic rings. The summed E-state index contributed by atoms with van der Waals surface area (Å²) < 4.78 is 5.67. The van der Waals surface area contributed by atoms with Gasteiger partial charge in [0.2, 0.25) is 0 Å². The van der Waals surface area contributed by atoms with E-state index in [1.165, 1.54) is 0 Å². The first kappa shape index (κ1) is 16.0. The van der Waals surface area contributed by atoms with Crippen LogP contribution in [0.3, 0.4) is 0 Å². The van der Waals surface area contributed by atoms with Crippen molar-refractivity contribution in [2.75, 3.05) is 26.7 Å². The number of nitriles is 1. The zero-order valence-electron chi connectivity index (χ0n) is 12.1. The Bertz CT molecular complexity index is 493. The lowest BCUT2D eigenvalue weighted by atomic mass is 10.2. The maximum absolute atomic E-state index is 8.65. The Labute approximate surface area is 121 Å². The second-order valence-electron chi connectivity index (χ2n) is 4.57. The number of hydrogen-bond donors (Lipinski definition) is 1. The molecule has 0 saturated carbocycles. The molecule has 2 N–H and O–H groups in total. The van der Waals surface area contributed by atoms with Crippen molar-refractivity contribution in [2.24, 2.45) is 5.73 Å². The maximum atomic E-state index is 8.65. The highest BCUT2D eigenvalue weighted by Gasteiger charge is 2.07. The van der Waals surface area contributed by atoms with Gasteiger partial charge >= 0.3 is 0 Å². The highest BCUT2D eigenvalue weighted by Crippen LogP contribution is 2.11. The van der Waals surface area contributed by atoms with Gasteiger partial charge in [-0.15, -0.1) is 0 Å². The molecule has 0 amide bonds. The Kier molecular flexibility index (Phi) is 7.21. The van der Waals surface area contributed by atoms with Crippen LogP contribution in [0.2, 0.25) is 0 Å². The van der Waals surface area contributed by atoms with Crippen molar-refractivity contribution >= 4 is 0 Å². The van der Waals surface area contributed by atoms with Crippen LogP contribution in [0.15, 0.2) is 24.3 Å². The monoisotopic (exact) mass is 271 g/mol. The minimum Gasteiger partial charge on any atom is -0.492 e. The molecule has 1 unspecified atom stereocenters. The summed E-state index contributed by atoms with van der Waals surface area (Å²) in [5.74, 6) is 6.60. The zero-order chi connectivity index (χ0) is 14.8. The second-order valence-corrected chi connectivity index (χ2v) is 4.57. The molecule has 0 spiro atoms. The Morgan fingerprint density at radius 1 is 1.35 bits per heavy atom. The van der Waals surface area contributed by atoms with Crippen molar-refractivity contribution in [1.82, 2.24) is 4.90 Å². The summed E-state index contributed by atoms with van der Waals surface area (Å²) in [4.78, 5) is 2.12. The molecule has 0 aliphatic carbocycles. The lowest BCUT2D eigenvalue weighted by molar-refractivity contribution is 0.201. The number of nitrogens with two attached hydrogens (primary N) is 1. The van der Waals surface area contributed by atoms with Gasteiger partial charge in [-0.2, -0.15) is 5.26 Å². The lowest BCUT2D eigenvalue weighted by Gasteiger charge is -2.22. The highest BCUT2D eigenvalue weighted by atomic mass is 16.5. The number of likely N-dealkylation sites (N-methyl/N-ethyl adjacent to an activating group) is 1. The van der Waals surface area contributed by atoms with Gasteiger partial charge in [0.1, 0.15) is 12.4 Å². The van der Waals surface area contributed by atoms with E-state index in [0.717, 1.165) is 17.9 Å². The van der Waals surface area contributed by atoms with Gasteiger partial charge in [0.15, 0.2) is 0 Å². The van der Waals surface area contributed by atoms with E-state index in [1.54, 1.807) is 0 Å². The third-order valence-corrected chi connectivity index (χ3v) is 3.04. The first-order chi connectivity index (χ1) is 9.67. The van der Waals surface area contributed by atoms with Crippen LogP contribution in [0.1, 0.15) is 18.9 Å². The van der Waals surface area contributed by atoms with Gasteiger partial charge < -0.3 is 10.5 Å². The van der Waals surface area contributed by atoms with Crippen molar-refractivity contribution in [3.8, 4) is 23.7 Å². The quantitative estimate of drug-likeness (QED) is 0.798. The fourth-order valence-corrected chi connectivity index (χ4v) is 1.60. The van der Waals surface area contributed by atoms with Crippen molar-refractivity contribution in [2.45, 2.75) is 19.4 Å². The Morgan fingerprint density at radius 2 is 2.05 bits per heavy atom. The van der Waals surface area contributed by atoms with Gasteiger partial charge in [0.25, 0.3) is 0 Å². The van der Waals surface area contributed by atoms with Crippen molar-refractivity contribution < 1.29 is 4.74 Å². The van der Waals surface area contributed by atoms with E-state index in [9.17, 15) is 0 Å². The van der Waals surface area contributed by atoms with Crippen LogP contribution < -0.4 is 10.5 Å². The zero-order valence-corrected chi connectivity index (χ0v) is 12.1. The molecule has 106 valence electrons. The summed E-state index contributed by atoms with van der Waals surface area (Å²) in [7, 11) is 2.00. The smallest absolute Gasteiger partial charge is 0.119 e. The molecular formula is C16H21N3O. The van der Waals surface area contributed by atoms with Crippen molar-refractivity contribution in [3.05, 3.63) is 29.8 Å². The summed E-state index contributed by atoms with van der Waals surface area (Å²) in [6.07, 6.45) is 0.533. The number of rotatable bonds is 6. The molecule has 4 heteroatoms. The number of hydrogen-bond acceptors (Lipinski definition) is 4. The summed E-state index contributed by atoms with van der Waals surface area (Å²) in [6, 6.07) is 10.1. The lowest BCUT2D eigenvalue weighted by Crippen LogP contribution is -2.32. The summed E-state index contributed by atoms with van der Waals surface area (Å²) >= 11 is 0. The topological polar surface area (TPSA) is 62.3 Å². The number of benzene rings is 1. The molecule has 0 aliphatic heterocycles. The third-order valence-electron chi connectivity index (χ3n) is 3.04. The van der Waals surface area contributed by atoms with E-state index in [-0.39, 0.29) is 6.04 Å². The standard InChI is InChI=1S/C16H21N3O/c1-14(9-11-18)19(2)12-13-20-16-7-5-15(6-8-16)4-3-10-17/h5-8,14H,9-10,12-13,17H2,1-2H3. The number of ether oxygens (including phenoxy) is 1. The van der Waals surface area contributed by atoms with Gasteiger partial charge in [-0.3, -0.25) is 4.90 Å². The van der Waals surface area contributed by atoms with Gasteiger partial charge in [0.05, 0.1) is 19.0 Å². The van der Waals surface area contributed by atoms with Crippen LogP contribution >= 0.6 is 0 Å². The van der Waals surface area contributed by atoms with Gasteiger partial charge in [0, 0.05) is 18.2 Å². The Hall–Kier alpha value is -2.01. The average Bonchev–Trinajstić information content (AvgIpc) is 2.46. The molecule has 1 rings (SSSR count). The molecule has 1 aromatic carbocycles. The van der Waals surface area contributed by atoms with E-state index in [4.69, 9.17) is 15.7 Å². The summed E-state index contributed by atoms with van der Waals surface area (Å²) in [6.45, 7) is 3.79. The fourth-order valence-electron chi connectivity index (χ4n) is 1.60. The molecule has 4 nitrogen and oxygen atoms in total. The first-order valence-electron chi connectivity index (χ1n) is 6.66. The predicted octanol–water partition coefficient (Wildman–Crippen LogP) is 1.61. The van der Waals surface area contributed by atoms with Crippen molar-refractivity contribution in [1.29, 1.82) is 5.26 Å². The molecule has 1 atom stereocenters. The third kappa shape index (κ3) is 5.75. The first-order valence-corrected chi connectivity index (χ1v) is 6.66. The molecule has 0 radical (unpaired) electrons. The minimum absolute atomic E-state index is 0.248. The largest absolute Gasteiger partial charge is 0.492 e. The van der Waals surface area contributed by atoms with Crippen LogP contribution in [0.5, 0.6) is 5.75 Å². The Morgan fingerprint density at radius 3 is 2.65 bits per heavy atom. The van der Waals surface area contributed by atoms with E-state index in [2.05, 4.69) is 22.8 Å². The van der Waals surface area contributed by atoms with Crippen molar-refractivity contribution in [3.63, 3.8) is 0 Å². The molecule has 0 heterocycles. The van der Waals surface area contributed by atoms with E-state index in [1.807, 2.05) is 38.2 Å². The minimum atomic E-state index is 0.248. The van der Waals surface area contributed by atoms with E-state index < -0.39 is 0 Å². The molecule has 0 saturated heterocycles. The SMILES string of the molecule is CC(CC#N)N(C)CCOc1ccc(C#CCN)cc1. The molecule has 0 bridgehead atoms. The van der Waals surface area contributed by atoms with Crippen LogP contribution in [0.25, 0.3) is 0 Å². The Balaban J connectivity index is 2.37. The summed E-state index contributed by atoms with van der Waals surface area (Å²) in [5, 5.41) is 8.65. The normalized spacial score (nSPS) is 11.3.